The molecule has 1 aromatic heterocycles. The molecule has 0 bridgehead atoms. The van der Waals surface area contributed by atoms with E-state index in [1.165, 1.54) is 23.3 Å². The standard InChI is InChI=1S/C23H24F2N2/c1-17(14-18-10-11-22(24)23(25)15-18)27-13-5-7-19-6-2-3-9-21(19)20-8-4-12-26-16-20/h2-4,6,8-12,15-17,27H,5,7,13-14H2,1H3. The highest BCUT2D eigenvalue weighted by molar-refractivity contribution is 5.66. The van der Waals surface area contributed by atoms with Crippen LogP contribution in [-0.4, -0.2) is 17.6 Å². The van der Waals surface area contributed by atoms with Gasteiger partial charge in [0.25, 0.3) is 0 Å². The maximum Gasteiger partial charge on any atom is 0.159 e. The molecule has 0 aliphatic heterocycles. The van der Waals surface area contributed by atoms with E-state index in [-0.39, 0.29) is 6.04 Å². The van der Waals surface area contributed by atoms with Gasteiger partial charge in [-0.1, -0.05) is 36.4 Å². The van der Waals surface area contributed by atoms with E-state index in [0.29, 0.717) is 6.42 Å². The summed E-state index contributed by atoms with van der Waals surface area (Å²) in [7, 11) is 0. The molecule has 27 heavy (non-hydrogen) atoms. The minimum absolute atomic E-state index is 0.198. The molecule has 0 aliphatic carbocycles. The minimum atomic E-state index is -0.799. The number of rotatable bonds is 8. The summed E-state index contributed by atoms with van der Waals surface area (Å²) < 4.78 is 26.3. The second-order valence-electron chi connectivity index (χ2n) is 6.81. The molecule has 1 N–H and O–H groups in total. The van der Waals surface area contributed by atoms with Crippen molar-refractivity contribution in [3.63, 3.8) is 0 Å². The van der Waals surface area contributed by atoms with Gasteiger partial charge in [0.05, 0.1) is 0 Å². The summed E-state index contributed by atoms with van der Waals surface area (Å²) in [5, 5.41) is 3.47. The molecular formula is C23H24F2N2. The van der Waals surface area contributed by atoms with Gasteiger partial charge in [0.15, 0.2) is 11.6 Å². The third-order valence-electron chi connectivity index (χ3n) is 4.63. The zero-order valence-electron chi connectivity index (χ0n) is 15.5. The number of hydrogen-bond acceptors (Lipinski definition) is 2. The van der Waals surface area contributed by atoms with Crippen LogP contribution in [0.2, 0.25) is 0 Å². The van der Waals surface area contributed by atoms with Crippen molar-refractivity contribution in [3.8, 4) is 11.1 Å². The van der Waals surface area contributed by atoms with Gasteiger partial charge in [0, 0.05) is 24.0 Å². The van der Waals surface area contributed by atoms with Gasteiger partial charge in [-0.25, -0.2) is 8.78 Å². The van der Waals surface area contributed by atoms with Crippen LogP contribution in [0.5, 0.6) is 0 Å². The number of nitrogens with zero attached hydrogens (tertiary/aromatic N) is 1. The smallest absolute Gasteiger partial charge is 0.159 e. The highest BCUT2D eigenvalue weighted by Gasteiger charge is 2.08. The first-order valence-corrected chi connectivity index (χ1v) is 9.29. The van der Waals surface area contributed by atoms with Gasteiger partial charge in [-0.15, -0.1) is 0 Å². The summed E-state index contributed by atoms with van der Waals surface area (Å²) in [6.45, 7) is 2.93. The molecule has 4 heteroatoms. The lowest BCUT2D eigenvalue weighted by molar-refractivity contribution is 0.501. The SMILES string of the molecule is CC(Cc1ccc(F)c(F)c1)NCCCc1ccccc1-c1cccnc1. The molecule has 0 amide bonds. The highest BCUT2D eigenvalue weighted by atomic mass is 19.2. The van der Waals surface area contributed by atoms with Crippen molar-refractivity contribution < 1.29 is 8.78 Å². The lowest BCUT2D eigenvalue weighted by Crippen LogP contribution is -2.29. The third kappa shape index (κ3) is 5.44. The summed E-state index contributed by atoms with van der Waals surface area (Å²) in [5.74, 6) is -1.58. The van der Waals surface area contributed by atoms with Crippen LogP contribution in [-0.2, 0) is 12.8 Å². The van der Waals surface area contributed by atoms with Crippen molar-refractivity contribution in [1.29, 1.82) is 0 Å². The van der Waals surface area contributed by atoms with Crippen molar-refractivity contribution in [2.75, 3.05) is 6.54 Å². The maximum atomic E-state index is 13.3. The predicted molar refractivity (Wildman–Crippen MR) is 106 cm³/mol. The molecule has 1 atom stereocenters. The van der Waals surface area contributed by atoms with E-state index in [1.807, 2.05) is 18.3 Å². The van der Waals surface area contributed by atoms with E-state index < -0.39 is 11.6 Å². The Morgan fingerprint density at radius 2 is 1.85 bits per heavy atom. The van der Waals surface area contributed by atoms with Crippen molar-refractivity contribution >= 4 is 0 Å². The molecule has 0 saturated heterocycles. The Labute approximate surface area is 159 Å². The topological polar surface area (TPSA) is 24.9 Å². The van der Waals surface area contributed by atoms with Gasteiger partial charge in [0.2, 0.25) is 0 Å². The van der Waals surface area contributed by atoms with Crippen LogP contribution in [0.4, 0.5) is 8.78 Å². The second kappa shape index (κ2) is 9.38. The fraction of sp³-hybridized carbons (Fsp3) is 0.261. The molecule has 2 aromatic carbocycles. The molecule has 2 nitrogen and oxygen atoms in total. The van der Waals surface area contributed by atoms with Crippen LogP contribution >= 0.6 is 0 Å². The van der Waals surface area contributed by atoms with Gasteiger partial charge in [-0.3, -0.25) is 4.98 Å². The number of aryl methyl sites for hydroxylation is 1. The first-order chi connectivity index (χ1) is 13.1. The first-order valence-electron chi connectivity index (χ1n) is 9.29. The van der Waals surface area contributed by atoms with Crippen LogP contribution in [0.15, 0.2) is 67.0 Å². The summed E-state index contributed by atoms with van der Waals surface area (Å²) in [5.41, 5.74) is 4.46. The summed E-state index contributed by atoms with van der Waals surface area (Å²) in [6.07, 6.45) is 6.31. The summed E-state index contributed by atoms with van der Waals surface area (Å²) in [4.78, 5) is 4.21. The van der Waals surface area contributed by atoms with Crippen molar-refractivity contribution in [2.24, 2.45) is 0 Å². The van der Waals surface area contributed by atoms with Crippen molar-refractivity contribution in [1.82, 2.24) is 10.3 Å². The zero-order valence-corrected chi connectivity index (χ0v) is 15.5. The number of nitrogens with one attached hydrogen (secondary N) is 1. The van der Waals surface area contributed by atoms with Crippen LogP contribution in [0, 0.1) is 11.6 Å². The molecule has 0 spiro atoms. The van der Waals surface area contributed by atoms with E-state index in [1.54, 1.807) is 12.3 Å². The average molecular weight is 366 g/mol. The molecule has 0 radical (unpaired) electrons. The molecule has 1 unspecified atom stereocenters. The second-order valence-corrected chi connectivity index (χ2v) is 6.81. The molecule has 0 aliphatic rings. The Kier molecular flexibility index (Phi) is 6.66. The number of aromatic nitrogens is 1. The largest absolute Gasteiger partial charge is 0.314 e. The lowest BCUT2D eigenvalue weighted by atomic mass is 9.98. The number of halogens is 2. The zero-order chi connectivity index (χ0) is 19.1. The molecule has 0 fully saturated rings. The van der Waals surface area contributed by atoms with E-state index in [2.05, 4.69) is 41.5 Å². The van der Waals surface area contributed by atoms with Crippen LogP contribution < -0.4 is 5.32 Å². The fourth-order valence-electron chi connectivity index (χ4n) is 3.26. The van der Waals surface area contributed by atoms with Crippen LogP contribution in [0.3, 0.4) is 0 Å². The monoisotopic (exact) mass is 366 g/mol. The van der Waals surface area contributed by atoms with Crippen molar-refractivity contribution in [2.45, 2.75) is 32.2 Å². The van der Waals surface area contributed by atoms with Gasteiger partial charge in [-0.05, 0) is 67.6 Å². The Balaban J connectivity index is 1.50. The Morgan fingerprint density at radius 3 is 2.63 bits per heavy atom. The van der Waals surface area contributed by atoms with Crippen LogP contribution in [0.25, 0.3) is 11.1 Å². The van der Waals surface area contributed by atoms with E-state index in [0.717, 1.165) is 30.5 Å². The molecule has 140 valence electrons. The molecule has 1 heterocycles. The van der Waals surface area contributed by atoms with Gasteiger partial charge < -0.3 is 5.32 Å². The number of pyridine rings is 1. The van der Waals surface area contributed by atoms with E-state index in [4.69, 9.17) is 0 Å². The van der Waals surface area contributed by atoms with Crippen LogP contribution in [0.1, 0.15) is 24.5 Å². The Hall–Kier alpha value is -2.59. The minimum Gasteiger partial charge on any atom is -0.314 e. The molecule has 3 rings (SSSR count). The van der Waals surface area contributed by atoms with E-state index >= 15 is 0 Å². The van der Waals surface area contributed by atoms with Gasteiger partial charge in [-0.2, -0.15) is 0 Å². The molecule has 3 aromatic rings. The predicted octanol–water partition coefficient (Wildman–Crippen LogP) is 5.18. The van der Waals surface area contributed by atoms with Gasteiger partial charge in [0.1, 0.15) is 0 Å². The normalized spacial score (nSPS) is 12.1. The highest BCUT2D eigenvalue weighted by Crippen LogP contribution is 2.23. The Bertz CT molecular complexity index is 865. The van der Waals surface area contributed by atoms with E-state index in [9.17, 15) is 8.78 Å². The summed E-state index contributed by atoms with van der Waals surface area (Å²) in [6, 6.07) is 16.7. The number of benzene rings is 2. The Morgan fingerprint density at radius 1 is 1.00 bits per heavy atom. The molecule has 0 saturated carbocycles. The third-order valence-corrected chi connectivity index (χ3v) is 4.63. The van der Waals surface area contributed by atoms with Crippen molar-refractivity contribution in [3.05, 3.63) is 89.8 Å². The fourth-order valence-corrected chi connectivity index (χ4v) is 3.26. The van der Waals surface area contributed by atoms with Gasteiger partial charge >= 0.3 is 0 Å². The summed E-state index contributed by atoms with van der Waals surface area (Å²) >= 11 is 0. The molecular weight excluding hydrogens is 342 g/mol. The maximum absolute atomic E-state index is 13.3. The quantitative estimate of drug-likeness (QED) is 0.556. The average Bonchev–Trinajstić information content (AvgIpc) is 2.69. The number of hydrogen-bond donors (Lipinski definition) is 1. The first kappa shape index (κ1) is 19.2. The lowest BCUT2D eigenvalue weighted by Gasteiger charge is -2.15.